The van der Waals surface area contributed by atoms with Gasteiger partial charge in [-0.05, 0) is 54.4 Å². The summed E-state index contributed by atoms with van der Waals surface area (Å²) in [6.07, 6.45) is -2.10. The highest BCUT2D eigenvalue weighted by Crippen LogP contribution is 2.33. The van der Waals surface area contributed by atoms with Gasteiger partial charge in [0.05, 0.1) is 35.5 Å². The van der Waals surface area contributed by atoms with Crippen LogP contribution in [0.2, 0.25) is 0 Å². The molecule has 16 heteroatoms. The number of carboxylic acid groups (broad SMARTS) is 1. The van der Waals surface area contributed by atoms with Crippen LogP contribution in [0, 0.1) is 12.7 Å². The molecule has 0 radical (unpaired) electrons. The van der Waals surface area contributed by atoms with E-state index in [0.717, 1.165) is 15.5 Å². The van der Waals surface area contributed by atoms with Crippen molar-refractivity contribution in [2.75, 3.05) is 24.7 Å². The van der Waals surface area contributed by atoms with Crippen molar-refractivity contribution in [1.29, 1.82) is 0 Å². The van der Waals surface area contributed by atoms with E-state index in [1.54, 1.807) is 24.3 Å². The first-order valence-corrected chi connectivity index (χ1v) is 15.0. The van der Waals surface area contributed by atoms with Gasteiger partial charge < -0.3 is 20.1 Å². The van der Waals surface area contributed by atoms with Crippen molar-refractivity contribution in [3.8, 4) is 5.69 Å². The van der Waals surface area contributed by atoms with E-state index in [0.29, 0.717) is 16.5 Å². The number of fused-ring (bicyclic) bond motifs is 2. The van der Waals surface area contributed by atoms with Crippen molar-refractivity contribution in [1.82, 2.24) is 24.4 Å². The molecule has 6 rings (SSSR count). The van der Waals surface area contributed by atoms with Crippen molar-refractivity contribution >= 4 is 39.5 Å². The highest BCUT2D eigenvalue weighted by atomic mass is 19.4. The first-order chi connectivity index (χ1) is 23.3. The molecule has 0 bridgehead atoms. The Kier molecular flexibility index (Phi) is 8.66. The van der Waals surface area contributed by atoms with E-state index in [9.17, 15) is 37.5 Å². The summed E-state index contributed by atoms with van der Waals surface area (Å²) in [5.41, 5.74) is -0.881. The first kappa shape index (κ1) is 33.3. The van der Waals surface area contributed by atoms with Gasteiger partial charge in [0, 0.05) is 43.5 Å². The highest BCUT2D eigenvalue weighted by molar-refractivity contribution is 5.99. The smallest absolute Gasteiger partial charge is 0.411 e. The predicted molar refractivity (Wildman–Crippen MR) is 170 cm³/mol. The average molecular weight is 681 g/mol. The molecule has 1 amide bonds. The topological polar surface area (TPSA) is 149 Å². The summed E-state index contributed by atoms with van der Waals surface area (Å²) < 4.78 is 63.5. The molecule has 12 nitrogen and oxygen atoms in total. The fraction of sp³-hybridized carbons (Fsp3) is 0.273. The Morgan fingerprint density at radius 1 is 1.08 bits per heavy atom. The van der Waals surface area contributed by atoms with Gasteiger partial charge in [-0.15, -0.1) is 0 Å². The van der Waals surface area contributed by atoms with E-state index in [4.69, 9.17) is 4.74 Å². The Balaban J connectivity index is 1.32. The standard InChI is InChI=1S/C33H28F4N6O6/c1-17-13-19(42-11-12-49-16-25(42)33(35,36)37)15-21(34)26(17)29(44)40-22(31(46)47)14-18-7-8-24(27-20(18)5-3-9-38-27)43-30(45)28-23(6-4-10-39-28)41(2)32(43)48/h3-10,13,15,22,25H,11-12,14,16H2,1-2H3,(H,40,44)(H,46,47). The lowest BCUT2D eigenvalue weighted by atomic mass is 9.99. The van der Waals surface area contributed by atoms with Crippen molar-refractivity contribution in [3.05, 3.63) is 104 Å². The lowest BCUT2D eigenvalue weighted by Crippen LogP contribution is -2.53. The minimum absolute atomic E-state index is 0.0000416. The maximum absolute atomic E-state index is 15.4. The first-order valence-electron chi connectivity index (χ1n) is 15.0. The number of aromatic nitrogens is 4. The number of carbonyl (C=O) groups is 2. The Bertz CT molecular complexity index is 2230. The van der Waals surface area contributed by atoms with E-state index < -0.39 is 59.4 Å². The SMILES string of the molecule is Cc1cc(N2CCOCC2C(F)(F)F)cc(F)c1C(=O)NC(Cc1ccc(-n2c(=O)c3ncccc3n(C)c2=O)c2ncccc12)C(=O)O. The summed E-state index contributed by atoms with van der Waals surface area (Å²) in [7, 11) is 1.49. The van der Waals surface area contributed by atoms with Gasteiger partial charge >= 0.3 is 17.8 Å². The van der Waals surface area contributed by atoms with Crippen LogP contribution in [-0.2, 0) is 23.0 Å². The number of pyridine rings is 2. The number of rotatable bonds is 7. The number of carbonyl (C=O) groups excluding carboxylic acids is 1. The molecule has 2 aromatic carbocycles. The number of hydrogen-bond donors (Lipinski definition) is 2. The molecule has 2 unspecified atom stereocenters. The van der Waals surface area contributed by atoms with Crippen LogP contribution in [0.4, 0.5) is 23.2 Å². The Morgan fingerprint density at radius 2 is 1.80 bits per heavy atom. The van der Waals surface area contributed by atoms with E-state index in [-0.39, 0.29) is 47.5 Å². The molecule has 0 saturated carbocycles. The van der Waals surface area contributed by atoms with Gasteiger partial charge in [-0.1, -0.05) is 12.1 Å². The maximum atomic E-state index is 15.4. The quantitative estimate of drug-likeness (QED) is 0.247. The van der Waals surface area contributed by atoms with Crippen molar-refractivity contribution in [3.63, 3.8) is 0 Å². The number of aryl methyl sites for hydroxylation is 2. The van der Waals surface area contributed by atoms with Crippen LogP contribution in [0.3, 0.4) is 0 Å². The number of alkyl halides is 3. The molecule has 1 aliphatic rings. The number of ether oxygens (including phenoxy) is 1. The molecule has 1 saturated heterocycles. The maximum Gasteiger partial charge on any atom is 0.411 e. The minimum atomic E-state index is -4.65. The molecule has 2 atom stereocenters. The number of carboxylic acids is 1. The lowest BCUT2D eigenvalue weighted by molar-refractivity contribution is -0.167. The van der Waals surface area contributed by atoms with E-state index in [1.165, 1.54) is 49.1 Å². The number of nitrogens with zero attached hydrogens (tertiary/aromatic N) is 5. The summed E-state index contributed by atoms with van der Waals surface area (Å²) in [5.74, 6) is -3.66. The number of benzene rings is 2. The van der Waals surface area contributed by atoms with Gasteiger partial charge in [-0.3, -0.25) is 19.1 Å². The van der Waals surface area contributed by atoms with Crippen LogP contribution in [0.1, 0.15) is 21.5 Å². The molecule has 49 heavy (non-hydrogen) atoms. The summed E-state index contributed by atoms with van der Waals surface area (Å²) in [6, 6.07) is 7.76. The zero-order valence-corrected chi connectivity index (χ0v) is 26.0. The largest absolute Gasteiger partial charge is 0.480 e. The third-order valence-electron chi connectivity index (χ3n) is 8.48. The number of amides is 1. The second kappa shape index (κ2) is 12.8. The number of hydrogen-bond acceptors (Lipinski definition) is 8. The average Bonchev–Trinajstić information content (AvgIpc) is 3.07. The van der Waals surface area contributed by atoms with Crippen molar-refractivity contribution < 1.29 is 37.0 Å². The van der Waals surface area contributed by atoms with Crippen LogP contribution in [0.5, 0.6) is 0 Å². The Labute approximate surface area is 274 Å². The molecule has 4 heterocycles. The molecule has 0 spiro atoms. The molecular formula is C33H28F4N6O6. The van der Waals surface area contributed by atoms with Crippen molar-refractivity contribution in [2.45, 2.75) is 31.6 Å². The summed E-state index contributed by atoms with van der Waals surface area (Å²) in [4.78, 5) is 61.9. The van der Waals surface area contributed by atoms with Gasteiger partial charge in [-0.2, -0.15) is 13.2 Å². The number of halogens is 4. The van der Waals surface area contributed by atoms with E-state index in [1.807, 2.05) is 0 Å². The lowest BCUT2D eigenvalue weighted by Gasteiger charge is -2.38. The zero-order chi connectivity index (χ0) is 35.2. The van der Waals surface area contributed by atoms with Crippen LogP contribution in [0.15, 0.2) is 70.5 Å². The summed E-state index contributed by atoms with van der Waals surface area (Å²) in [6.45, 7) is 0.545. The van der Waals surface area contributed by atoms with Gasteiger partial charge in [0.2, 0.25) is 0 Å². The van der Waals surface area contributed by atoms with Gasteiger partial charge in [-0.25, -0.2) is 23.5 Å². The third-order valence-corrected chi connectivity index (χ3v) is 8.48. The molecule has 0 aliphatic carbocycles. The number of aliphatic carboxylic acids is 1. The zero-order valence-electron chi connectivity index (χ0n) is 26.0. The third kappa shape index (κ3) is 6.10. The van der Waals surface area contributed by atoms with Crippen LogP contribution < -0.4 is 21.5 Å². The van der Waals surface area contributed by atoms with Crippen molar-refractivity contribution in [2.24, 2.45) is 7.05 Å². The van der Waals surface area contributed by atoms with E-state index in [2.05, 4.69) is 15.3 Å². The normalized spacial score (nSPS) is 15.8. The molecular weight excluding hydrogens is 652 g/mol. The predicted octanol–water partition coefficient (Wildman–Crippen LogP) is 3.27. The molecule has 1 aliphatic heterocycles. The number of anilines is 1. The monoisotopic (exact) mass is 680 g/mol. The number of morpholine rings is 1. The fourth-order valence-electron chi connectivity index (χ4n) is 6.08. The molecule has 2 N–H and O–H groups in total. The summed E-state index contributed by atoms with van der Waals surface area (Å²) >= 11 is 0. The second-order valence-electron chi connectivity index (χ2n) is 11.5. The Morgan fingerprint density at radius 3 is 2.49 bits per heavy atom. The fourth-order valence-corrected chi connectivity index (χ4v) is 6.08. The van der Waals surface area contributed by atoms with E-state index >= 15 is 4.39 Å². The van der Waals surface area contributed by atoms with Gasteiger partial charge in [0.15, 0.2) is 5.52 Å². The molecule has 254 valence electrons. The Hall–Kier alpha value is -5.64. The van der Waals surface area contributed by atoms with Crippen LogP contribution in [0.25, 0.3) is 27.6 Å². The van der Waals surface area contributed by atoms with Gasteiger partial charge in [0.1, 0.15) is 17.9 Å². The summed E-state index contributed by atoms with van der Waals surface area (Å²) in [5, 5.41) is 12.8. The molecule has 3 aromatic heterocycles. The molecule has 1 fully saturated rings. The van der Waals surface area contributed by atoms with Gasteiger partial charge in [0.25, 0.3) is 11.5 Å². The van der Waals surface area contributed by atoms with Crippen LogP contribution >= 0.6 is 0 Å². The minimum Gasteiger partial charge on any atom is -0.480 e. The molecule has 5 aromatic rings. The highest BCUT2D eigenvalue weighted by Gasteiger charge is 2.45. The van der Waals surface area contributed by atoms with Crippen LogP contribution in [-0.4, -0.2) is 74.1 Å². The number of nitrogens with one attached hydrogen (secondary N) is 1. The second-order valence-corrected chi connectivity index (χ2v) is 11.5.